The summed E-state index contributed by atoms with van der Waals surface area (Å²) in [7, 11) is 0. The summed E-state index contributed by atoms with van der Waals surface area (Å²) in [5, 5.41) is 5.00. The second-order valence-electron chi connectivity index (χ2n) is 8.36. The van der Waals surface area contributed by atoms with Gasteiger partial charge in [0.1, 0.15) is 11.6 Å². The van der Waals surface area contributed by atoms with E-state index >= 15 is 0 Å². The minimum absolute atomic E-state index is 0.939. The lowest BCUT2D eigenvalue weighted by atomic mass is 10.0. The summed E-state index contributed by atoms with van der Waals surface area (Å²) in [6.45, 7) is 0. The zero-order valence-electron chi connectivity index (χ0n) is 17.6. The summed E-state index contributed by atoms with van der Waals surface area (Å²) in [5.74, 6) is 1.90. The van der Waals surface area contributed by atoms with Crippen molar-refractivity contribution in [2.45, 2.75) is 12.8 Å². The first-order chi connectivity index (χ1) is 15.9. The molecule has 2 aromatic carbocycles. The SMILES string of the molecule is C1=CCc2c3c(n(-c4cccc(-n5c6ccccc6c6ccccc65)n4)c2=C1)=CCC=C3. The van der Waals surface area contributed by atoms with E-state index in [4.69, 9.17) is 4.98 Å². The highest BCUT2D eigenvalue weighted by atomic mass is 15.1. The van der Waals surface area contributed by atoms with Gasteiger partial charge in [0.25, 0.3) is 0 Å². The van der Waals surface area contributed by atoms with E-state index < -0.39 is 0 Å². The molecule has 152 valence electrons. The molecular weight excluding hydrogens is 390 g/mol. The van der Waals surface area contributed by atoms with E-state index in [1.54, 1.807) is 0 Å². The van der Waals surface area contributed by atoms with Gasteiger partial charge in [-0.15, -0.1) is 0 Å². The van der Waals surface area contributed by atoms with Gasteiger partial charge in [0.2, 0.25) is 0 Å². The van der Waals surface area contributed by atoms with Crippen LogP contribution in [0.2, 0.25) is 0 Å². The van der Waals surface area contributed by atoms with E-state index in [0.29, 0.717) is 0 Å². The predicted molar refractivity (Wildman–Crippen MR) is 133 cm³/mol. The van der Waals surface area contributed by atoms with Crippen LogP contribution in [0.3, 0.4) is 0 Å². The van der Waals surface area contributed by atoms with Crippen molar-refractivity contribution in [1.29, 1.82) is 0 Å². The smallest absolute Gasteiger partial charge is 0.140 e. The van der Waals surface area contributed by atoms with Crippen LogP contribution in [0.1, 0.15) is 17.5 Å². The van der Waals surface area contributed by atoms with E-state index in [0.717, 1.165) is 24.5 Å². The van der Waals surface area contributed by atoms with Crippen molar-refractivity contribution >= 4 is 40.0 Å². The molecule has 32 heavy (non-hydrogen) atoms. The molecule has 3 heteroatoms. The standard InChI is InChI=1S/C29H21N3/c1-5-14-24-20(10-1)21-11-2-6-15-25(21)31(24)28-18-9-19-29(30-28)32-26-16-7-3-12-22(26)23-13-4-8-17-27(23)32/h1-7,9-11,13-19H,8,12H2. The molecule has 3 nitrogen and oxygen atoms in total. The Bertz CT molecular complexity index is 1670. The van der Waals surface area contributed by atoms with E-state index in [9.17, 15) is 0 Å². The third kappa shape index (κ3) is 2.39. The van der Waals surface area contributed by atoms with Crippen LogP contribution >= 0.6 is 0 Å². The number of hydrogen-bond acceptors (Lipinski definition) is 1. The molecule has 0 fully saturated rings. The Balaban J connectivity index is 1.54. The summed E-state index contributed by atoms with van der Waals surface area (Å²) in [5.41, 5.74) is 5.08. The first kappa shape index (κ1) is 17.6. The molecule has 3 heterocycles. The molecule has 0 bridgehead atoms. The van der Waals surface area contributed by atoms with E-state index in [1.165, 1.54) is 43.6 Å². The molecule has 0 spiro atoms. The van der Waals surface area contributed by atoms with Crippen molar-refractivity contribution in [3.8, 4) is 11.6 Å². The van der Waals surface area contributed by atoms with Gasteiger partial charge in [0.05, 0.1) is 21.7 Å². The normalized spacial score (nSPS) is 14.2. The van der Waals surface area contributed by atoms with Crippen molar-refractivity contribution < 1.29 is 0 Å². The van der Waals surface area contributed by atoms with Crippen LogP contribution in [0, 0.1) is 0 Å². The fourth-order valence-corrected chi connectivity index (χ4v) is 5.24. The number of benzene rings is 2. The van der Waals surface area contributed by atoms with Crippen molar-refractivity contribution in [2.75, 3.05) is 0 Å². The highest BCUT2D eigenvalue weighted by Gasteiger charge is 2.18. The monoisotopic (exact) mass is 411 g/mol. The molecule has 5 aromatic rings. The zero-order chi connectivity index (χ0) is 21.1. The van der Waals surface area contributed by atoms with E-state index in [2.05, 4.69) is 112 Å². The molecule has 0 saturated heterocycles. The quantitative estimate of drug-likeness (QED) is 0.398. The predicted octanol–water partition coefficient (Wildman–Crippen LogP) is 5.06. The molecule has 3 aromatic heterocycles. The average Bonchev–Trinajstić information content (AvgIpc) is 3.37. The molecule has 0 aliphatic heterocycles. The summed E-state index contributed by atoms with van der Waals surface area (Å²) >= 11 is 0. The van der Waals surface area contributed by atoms with Gasteiger partial charge in [0, 0.05) is 16.3 Å². The number of pyridine rings is 1. The minimum atomic E-state index is 0.939. The van der Waals surface area contributed by atoms with Gasteiger partial charge in [-0.2, -0.15) is 0 Å². The first-order valence-electron chi connectivity index (χ1n) is 11.1. The molecule has 0 unspecified atom stereocenters. The molecule has 0 amide bonds. The van der Waals surface area contributed by atoms with Crippen molar-refractivity contribution in [3.63, 3.8) is 0 Å². The van der Waals surface area contributed by atoms with Gasteiger partial charge in [-0.3, -0.25) is 9.13 Å². The van der Waals surface area contributed by atoms with Crippen molar-refractivity contribution in [1.82, 2.24) is 14.1 Å². The maximum Gasteiger partial charge on any atom is 0.140 e. The van der Waals surface area contributed by atoms with Crippen molar-refractivity contribution in [2.24, 2.45) is 0 Å². The Morgan fingerprint density at radius 2 is 1.41 bits per heavy atom. The maximum absolute atomic E-state index is 5.21. The van der Waals surface area contributed by atoms with Gasteiger partial charge < -0.3 is 0 Å². The van der Waals surface area contributed by atoms with Crippen LogP contribution < -0.4 is 10.7 Å². The fourth-order valence-electron chi connectivity index (χ4n) is 5.24. The van der Waals surface area contributed by atoms with Gasteiger partial charge in [-0.05, 0) is 48.7 Å². The van der Waals surface area contributed by atoms with Crippen LogP contribution in [-0.2, 0) is 6.42 Å². The molecule has 7 rings (SSSR count). The Kier molecular flexibility index (Phi) is 3.67. The Morgan fingerprint density at radius 3 is 2.19 bits per heavy atom. The van der Waals surface area contributed by atoms with Crippen LogP contribution in [0.4, 0.5) is 0 Å². The second kappa shape index (κ2) is 6.69. The van der Waals surface area contributed by atoms with Crippen LogP contribution in [0.25, 0.3) is 51.7 Å². The lowest BCUT2D eigenvalue weighted by Crippen LogP contribution is -2.28. The van der Waals surface area contributed by atoms with Gasteiger partial charge in [-0.1, -0.05) is 72.8 Å². The molecular formula is C29H21N3. The third-order valence-electron chi connectivity index (χ3n) is 6.59. The molecule has 0 N–H and O–H groups in total. The molecule has 2 aliphatic carbocycles. The maximum atomic E-state index is 5.21. The number of aromatic nitrogens is 3. The average molecular weight is 412 g/mol. The first-order valence-corrected chi connectivity index (χ1v) is 11.1. The summed E-state index contributed by atoms with van der Waals surface area (Å²) in [4.78, 5) is 5.21. The minimum Gasteiger partial charge on any atom is -0.294 e. The second-order valence-corrected chi connectivity index (χ2v) is 8.36. The lowest BCUT2D eigenvalue weighted by Gasteiger charge is -2.11. The van der Waals surface area contributed by atoms with Crippen LogP contribution in [0.5, 0.6) is 0 Å². The summed E-state index contributed by atoms with van der Waals surface area (Å²) in [6, 6.07) is 23.5. The summed E-state index contributed by atoms with van der Waals surface area (Å²) < 4.78 is 4.61. The molecule has 0 atom stereocenters. The number of allylic oxidation sites excluding steroid dienone is 3. The van der Waals surface area contributed by atoms with Gasteiger partial charge >= 0.3 is 0 Å². The number of fused-ring (bicyclic) bond motifs is 6. The largest absolute Gasteiger partial charge is 0.294 e. The topological polar surface area (TPSA) is 22.8 Å². The number of nitrogens with zero attached hydrogens (tertiary/aromatic N) is 3. The Labute approximate surface area is 185 Å². The Hall–Kier alpha value is -4.11. The highest BCUT2D eigenvalue weighted by molar-refractivity contribution is 6.09. The number of rotatable bonds is 2. The third-order valence-corrected chi connectivity index (χ3v) is 6.59. The number of hydrogen-bond donors (Lipinski definition) is 0. The molecule has 0 radical (unpaired) electrons. The van der Waals surface area contributed by atoms with E-state index in [-0.39, 0.29) is 0 Å². The van der Waals surface area contributed by atoms with Gasteiger partial charge in [-0.25, -0.2) is 4.98 Å². The lowest BCUT2D eigenvalue weighted by molar-refractivity contribution is 0.913. The number of para-hydroxylation sites is 2. The zero-order valence-corrected chi connectivity index (χ0v) is 17.6. The Morgan fingerprint density at radius 1 is 0.688 bits per heavy atom. The van der Waals surface area contributed by atoms with E-state index in [1.807, 2.05) is 0 Å². The highest BCUT2D eigenvalue weighted by Crippen LogP contribution is 2.31. The summed E-state index contributed by atoms with van der Waals surface area (Å²) in [6.07, 6.45) is 15.4. The van der Waals surface area contributed by atoms with Crippen LogP contribution in [0.15, 0.2) is 85.0 Å². The molecule has 2 aliphatic rings. The molecule has 0 saturated carbocycles. The fraction of sp³-hybridized carbons (Fsp3) is 0.0690. The van der Waals surface area contributed by atoms with Crippen molar-refractivity contribution in [3.05, 3.63) is 107 Å². The van der Waals surface area contributed by atoms with Gasteiger partial charge in [0.15, 0.2) is 0 Å². The van der Waals surface area contributed by atoms with Crippen LogP contribution in [-0.4, -0.2) is 14.1 Å².